The van der Waals surface area contributed by atoms with E-state index in [1.54, 1.807) is 13.3 Å². The van der Waals surface area contributed by atoms with E-state index in [0.717, 1.165) is 24.4 Å². The van der Waals surface area contributed by atoms with Gasteiger partial charge in [-0.15, -0.1) is 0 Å². The van der Waals surface area contributed by atoms with Gasteiger partial charge in [-0.2, -0.15) is 0 Å². The van der Waals surface area contributed by atoms with E-state index < -0.39 is 5.54 Å². The lowest BCUT2D eigenvalue weighted by Crippen LogP contribution is -2.51. The summed E-state index contributed by atoms with van der Waals surface area (Å²) in [5, 5.41) is 3.17. The maximum atomic E-state index is 11.8. The SMILES string of the molecule is CCOC(=O)[C@]1(C)NCCc2[nH]cnc21. The van der Waals surface area contributed by atoms with Crippen molar-refractivity contribution in [2.24, 2.45) is 0 Å². The Kier molecular flexibility index (Phi) is 2.48. The minimum absolute atomic E-state index is 0.266. The lowest BCUT2D eigenvalue weighted by molar-refractivity contribution is -0.151. The highest BCUT2D eigenvalue weighted by atomic mass is 16.5. The molecule has 0 aromatic carbocycles. The van der Waals surface area contributed by atoms with Gasteiger partial charge in [0.25, 0.3) is 0 Å². The van der Waals surface area contributed by atoms with Crippen LogP contribution in [0.3, 0.4) is 0 Å². The molecule has 2 heterocycles. The predicted octanol–water partition coefficient (Wildman–Crippen LogP) is 0.334. The molecule has 0 spiro atoms. The molecule has 1 aromatic rings. The summed E-state index contributed by atoms with van der Waals surface area (Å²) in [6.45, 7) is 4.75. The Labute approximate surface area is 88.2 Å². The van der Waals surface area contributed by atoms with Gasteiger partial charge in [0.2, 0.25) is 0 Å². The van der Waals surface area contributed by atoms with Gasteiger partial charge in [0.15, 0.2) is 5.54 Å². The van der Waals surface area contributed by atoms with Crippen LogP contribution >= 0.6 is 0 Å². The molecule has 0 bridgehead atoms. The maximum absolute atomic E-state index is 11.8. The number of H-pyrrole nitrogens is 1. The van der Waals surface area contributed by atoms with Crippen molar-refractivity contribution in [3.63, 3.8) is 0 Å². The van der Waals surface area contributed by atoms with Gasteiger partial charge in [0, 0.05) is 18.7 Å². The second kappa shape index (κ2) is 3.66. The van der Waals surface area contributed by atoms with Crippen molar-refractivity contribution in [2.75, 3.05) is 13.2 Å². The van der Waals surface area contributed by atoms with E-state index in [2.05, 4.69) is 15.3 Å². The van der Waals surface area contributed by atoms with Crippen molar-refractivity contribution in [3.8, 4) is 0 Å². The number of fused-ring (bicyclic) bond motifs is 1. The summed E-state index contributed by atoms with van der Waals surface area (Å²) >= 11 is 0. The molecule has 0 unspecified atom stereocenters. The molecule has 0 saturated carbocycles. The number of aromatic nitrogens is 2. The molecule has 0 saturated heterocycles. The number of aromatic amines is 1. The molecular formula is C10H15N3O2. The number of ether oxygens (including phenoxy) is 1. The van der Waals surface area contributed by atoms with E-state index in [4.69, 9.17) is 4.74 Å². The van der Waals surface area contributed by atoms with Crippen molar-refractivity contribution in [1.29, 1.82) is 0 Å². The van der Waals surface area contributed by atoms with E-state index >= 15 is 0 Å². The van der Waals surface area contributed by atoms with Crippen LogP contribution in [0.15, 0.2) is 6.33 Å². The fourth-order valence-corrected chi connectivity index (χ4v) is 1.91. The molecule has 1 aromatic heterocycles. The first-order chi connectivity index (χ1) is 7.18. The largest absolute Gasteiger partial charge is 0.464 e. The number of hydrogen-bond donors (Lipinski definition) is 2. The molecule has 5 heteroatoms. The predicted molar refractivity (Wildman–Crippen MR) is 54.3 cm³/mol. The summed E-state index contributed by atoms with van der Waals surface area (Å²) in [4.78, 5) is 19.1. The van der Waals surface area contributed by atoms with E-state index in [1.807, 2.05) is 6.92 Å². The smallest absolute Gasteiger partial charge is 0.332 e. The Balaban J connectivity index is 2.34. The van der Waals surface area contributed by atoms with Gasteiger partial charge < -0.3 is 9.72 Å². The van der Waals surface area contributed by atoms with Crippen LogP contribution in [-0.4, -0.2) is 29.1 Å². The van der Waals surface area contributed by atoms with Crippen LogP contribution in [0.25, 0.3) is 0 Å². The zero-order valence-corrected chi connectivity index (χ0v) is 8.96. The summed E-state index contributed by atoms with van der Waals surface area (Å²) in [6.07, 6.45) is 2.49. The highest BCUT2D eigenvalue weighted by molar-refractivity contribution is 5.82. The number of imidazole rings is 1. The van der Waals surface area contributed by atoms with Crippen LogP contribution < -0.4 is 5.32 Å². The fourth-order valence-electron chi connectivity index (χ4n) is 1.91. The number of nitrogens with zero attached hydrogens (tertiary/aromatic N) is 1. The molecule has 1 atom stereocenters. The van der Waals surface area contributed by atoms with Crippen molar-refractivity contribution < 1.29 is 9.53 Å². The van der Waals surface area contributed by atoms with E-state index in [1.165, 1.54) is 0 Å². The topological polar surface area (TPSA) is 67.0 Å². The Bertz CT molecular complexity index is 374. The molecule has 0 radical (unpaired) electrons. The Hall–Kier alpha value is -1.36. The summed E-state index contributed by atoms with van der Waals surface area (Å²) in [7, 11) is 0. The molecule has 2 rings (SSSR count). The average Bonchev–Trinajstić information content (AvgIpc) is 2.68. The second-order valence-corrected chi connectivity index (χ2v) is 3.75. The lowest BCUT2D eigenvalue weighted by Gasteiger charge is -2.31. The van der Waals surface area contributed by atoms with Crippen molar-refractivity contribution in [3.05, 3.63) is 17.7 Å². The number of carbonyl (C=O) groups is 1. The van der Waals surface area contributed by atoms with Crippen molar-refractivity contribution in [2.45, 2.75) is 25.8 Å². The number of hydrogen-bond acceptors (Lipinski definition) is 4. The van der Waals surface area contributed by atoms with E-state index in [9.17, 15) is 4.79 Å². The third-order valence-electron chi connectivity index (χ3n) is 2.73. The number of esters is 1. The molecule has 0 aliphatic carbocycles. The van der Waals surface area contributed by atoms with Gasteiger partial charge in [-0.25, -0.2) is 9.78 Å². The molecule has 15 heavy (non-hydrogen) atoms. The molecule has 0 fully saturated rings. The van der Waals surface area contributed by atoms with Gasteiger partial charge in [-0.05, 0) is 13.8 Å². The molecule has 1 aliphatic heterocycles. The first kappa shape index (κ1) is 10.2. The number of nitrogens with one attached hydrogen (secondary N) is 2. The van der Waals surface area contributed by atoms with Crippen molar-refractivity contribution >= 4 is 5.97 Å². The summed E-state index contributed by atoms with van der Waals surface area (Å²) in [6, 6.07) is 0. The van der Waals surface area contributed by atoms with Gasteiger partial charge in [0.1, 0.15) is 0 Å². The second-order valence-electron chi connectivity index (χ2n) is 3.75. The van der Waals surface area contributed by atoms with Crippen LogP contribution in [0, 0.1) is 0 Å². The third kappa shape index (κ3) is 1.52. The molecule has 0 amide bonds. The fraction of sp³-hybridized carbons (Fsp3) is 0.600. The first-order valence-electron chi connectivity index (χ1n) is 5.13. The normalized spacial score (nSPS) is 24.7. The van der Waals surface area contributed by atoms with Crippen LogP contribution in [-0.2, 0) is 21.5 Å². The van der Waals surface area contributed by atoms with E-state index in [0.29, 0.717) is 6.61 Å². The lowest BCUT2D eigenvalue weighted by atomic mass is 9.91. The number of rotatable bonds is 2. The van der Waals surface area contributed by atoms with Gasteiger partial charge in [0.05, 0.1) is 18.6 Å². The minimum Gasteiger partial charge on any atom is -0.464 e. The van der Waals surface area contributed by atoms with Crippen LogP contribution in [0.5, 0.6) is 0 Å². The highest BCUT2D eigenvalue weighted by Crippen LogP contribution is 2.26. The quantitative estimate of drug-likeness (QED) is 0.689. The molecule has 82 valence electrons. The molecular weight excluding hydrogens is 194 g/mol. The standard InChI is InChI=1S/C10H15N3O2/c1-3-15-9(14)10(2)8-7(4-5-13-10)11-6-12-8/h6,13H,3-5H2,1-2H3,(H,11,12)/t10-/m1/s1. The molecule has 1 aliphatic rings. The Morgan fingerprint density at radius 3 is 3.27 bits per heavy atom. The number of carbonyl (C=O) groups excluding carboxylic acids is 1. The summed E-state index contributed by atoms with van der Waals surface area (Å²) in [5.41, 5.74) is 0.973. The van der Waals surface area contributed by atoms with Crippen LogP contribution in [0.2, 0.25) is 0 Å². The zero-order valence-electron chi connectivity index (χ0n) is 8.96. The van der Waals surface area contributed by atoms with Gasteiger partial charge in [-0.1, -0.05) is 0 Å². The van der Waals surface area contributed by atoms with E-state index in [-0.39, 0.29) is 5.97 Å². The Morgan fingerprint density at radius 1 is 1.73 bits per heavy atom. The third-order valence-corrected chi connectivity index (χ3v) is 2.73. The zero-order chi connectivity index (χ0) is 10.9. The molecule has 5 nitrogen and oxygen atoms in total. The van der Waals surface area contributed by atoms with Gasteiger partial charge in [-0.3, -0.25) is 5.32 Å². The van der Waals surface area contributed by atoms with Crippen LogP contribution in [0.1, 0.15) is 25.2 Å². The Morgan fingerprint density at radius 2 is 2.53 bits per heavy atom. The summed E-state index contributed by atoms with van der Waals surface area (Å²) in [5.74, 6) is -0.266. The van der Waals surface area contributed by atoms with Crippen LogP contribution in [0.4, 0.5) is 0 Å². The van der Waals surface area contributed by atoms with Crippen molar-refractivity contribution in [1.82, 2.24) is 15.3 Å². The average molecular weight is 209 g/mol. The summed E-state index contributed by atoms with van der Waals surface area (Å²) < 4.78 is 5.06. The monoisotopic (exact) mass is 209 g/mol. The highest BCUT2D eigenvalue weighted by Gasteiger charge is 2.42. The van der Waals surface area contributed by atoms with Gasteiger partial charge >= 0.3 is 5.97 Å². The minimum atomic E-state index is -0.802. The first-order valence-corrected chi connectivity index (χ1v) is 5.13. The maximum Gasteiger partial charge on any atom is 0.332 e. The molecule has 2 N–H and O–H groups in total.